The molecule has 3 rings (SSSR count). The van der Waals surface area contributed by atoms with Gasteiger partial charge >= 0.3 is 6.03 Å². The molecule has 0 bridgehead atoms. The minimum atomic E-state index is 0.292. The van der Waals surface area contributed by atoms with Gasteiger partial charge in [-0.1, -0.05) is 13.8 Å². The maximum atomic E-state index is 12.4. The molecular weight excluding hydrogens is 274 g/mol. The largest absolute Gasteiger partial charge is 0.325 e. The summed E-state index contributed by atoms with van der Waals surface area (Å²) < 4.78 is 0. The fraction of sp³-hybridized carbons (Fsp3) is 0.944. The molecule has 0 spiro atoms. The van der Waals surface area contributed by atoms with E-state index in [0.29, 0.717) is 6.03 Å². The van der Waals surface area contributed by atoms with E-state index >= 15 is 0 Å². The summed E-state index contributed by atoms with van der Waals surface area (Å²) in [5.41, 5.74) is 0. The van der Waals surface area contributed by atoms with Crippen LogP contribution in [-0.4, -0.2) is 66.0 Å². The zero-order valence-corrected chi connectivity index (χ0v) is 14.5. The van der Waals surface area contributed by atoms with Gasteiger partial charge in [0.2, 0.25) is 0 Å². The lowest BCUT2D eigenvalue weighted by molar-refractivity contribution is 0.0686. The molecule has 2 aliphatic heterocycles. The van der Waals surface area contributed by atoms with Crippen LogP contribution < -0.4 is 0 Å². The number of likely N-dealkylation sites (tertiary alicyclic amines) is 1. The molecule has 2 saturated heterocycles. The van der Waals surface area contributed by atoms with Gasteiger partial charge in [-0.3, -0.25) is 4.90 Å². The maximum absolute atomic E-state index is 12.4. The van der Waals surface area contributed by atoms with E-state index < -0.39 is 0 Å². The van der Waals surface area contributed by atoms with E-state index in [1.165, 1.54) is 38.5 Å². The van der Waals surface area contributed by atoms with Crippen LogP contribution in [0.5, 0.6) is 0 Å². The molecule has 4 heteroatoms. The molecule has 3 fully saturated rings. The molecule has 0 unspecified atom stereocenters. The Morgan fingerprint density at radius 3 is 1.91 bits per heavy atom. The molecule has 1 saturated carbocycles. The van der Waals surface area contributed by atoms with Gasteiger partial charge in [-0.05, 0) is 50.4 Å². The van der Waals surface area contributed by atoms with E-state index in [0.717, 1.165) is 57.1 Å². The van der Waals surface area contributed by atoms with E-state index in [4.69, 9.17) is 0 Å². The van der Waals surface area contributed by atoms with Crippen molar-refractivity contribution in [3.05, 3.63) is 0 Å². The lowest BCUT2D eigenvalue weighted by Crippen LogP contribution is -2.55. The van der Waals surface area contributed by atoms with Crippen molar-refractivity contribution < 1.29 is 4.79 Å². The first-order valence-electron chi connectivity index (χ1n) is 9.43. The second-order valence-corrected chi connectivity index (χ2v) is 7.81. The number of nitrogens with zero attached hydrogens (tertiary/aromatic N) is 3. The van der Waals surface area contributed by atoms with Crippen molar-refractivity contribution in [2.45, 2.75) is 58.4 Å². The van der Waals surface area contributed by atoms with Gasteiger partial charge in [-0.25, -0.2) is 4.79 Å². The van der Waals surface area contributed by atoms with E-state index in [-0.39, 0.29) is 0 Å². The van der Waals surface area contributed by atoms with Gasteiger partial charge in [-0.15, -0.1) is 0 Å². The molecule has 4 nitrogen and oxygen atoms in total. The van der Waals surface area contributed by atoms with Crippen molar-refractivity contribution in [1.29, 1.82) is 0 Å². The molecule has 126 valence electrons. The van der Waals surface area contributed by atoms with E-state index in [1.54, 1.807) is 0 Å². The first-order valence-corrected chi connectivity index (χ1v) is 9.43. The first-order chi connectivity index (χ1) is 10.6. The summed E-state index contributed by atoms with van der Waals surface area (Å²) in [6.07, 6.45) is 7.89. The molecular formula is C18H33N3O. The summed E-state index contributed by atoms with van der Waals surface area (Å²) in [6.45, 7) is 10.7. The van der Waals surface area contributed by atoms with E-state index in [1.807, 2.05) is 4.90 Å². The monoisotopic (exact) mass is 307 g/mol. The average molecular weight is 307 g/mol. The third kappa shape index (κ3) is 3.58. The molecule has 0 aromatic heterocycles. The minimum absolute atomic E-state index is 0.292. The normalized spacial score (nSPS) is 31.0. The van der Waals surface area contributed by atoms with Gasteiger partial charge in [0, 0.05) is 45.3 Å². The Kier molecular flexibility index (Phi) is 5.27. The third-order valence-electron chi connectivity index (χ3n) is 6.16. The Morgan fingerprint density at radius 1 is 0.818 bits per heavy atom. The smallest absolute Gasteiger partial charge is 0.320 e. The Hall–Kier alpha value is -0.770. The number of urea groups is 1. The van der Waals surface area contributed by atoms with Gasteiger partial charge in [0.05, 0.1) is 0 Å². The molecule has 0 aromatic carbocycles. The predicted molar refractivity (Wildman–Crippen MR) is 89.9 cm³/mol. The molecule has 0 radical (unpaired) electrons. The Bertz CT molecular complexity index is 363. The molecule has 3 aliphatic rings. The van der Waals surface area contributed by atoms with Crippen LogP contribution in [-0.2, 0) is 0 Å². The molecule has 0 atom stereocenters. The van der Waals surface area contributed by atoms with Crippen molar-refractivity contribution in [3.63, 3.8) is 0 Å². The number of rotatable bonds is 2. The van der Waals surface area contributed by atoms with Gasteiger partial charge in [0.15, 0.2) is 0 Å². The Balaban J connectivity index is 1.43. The highest BCUT2D eigenvalue weighted by molar-refractivity contribution is 5.74. The lowest BCUT2D eigenvalue weighted by Gasteiger charge is -2.43. The number of hydrogen-bond acceptors (Lipinski definition) is 2. The number of carbonyl (C=O) groups excluding carboxylic acids is 1. The van der Waals surface area contributed by atoms with Crippen molar-refractivity contribution in [1.82, 2.24) is 14.7 Å². The van der Waals surface area contributed by atoms with Gasteiger partial charge in [0.1, 0.15) is 0 Å². The number of amides is 2. The van der Waals surface area contributed by atoms with Crippen LogP contribution >= 0.6 is 0 Å². The summed E-state index contributed by atoms with van der Waals surface area (Å²) in [4.78, 5) is 19.2. The Morgan fingerprint density at radius 2 is 1.36 bits per heavy atom. The van der Waals surface area contributed by atoms with Gasteiger partial charge < -0.3 is 9.80 Å². The lowest BCUT2D eigenvalue weighted by atomic mass is 9.79. The Labute approximate surface area is 135 Å². The van der Waals surface area contributed by atoms with Crippen LogP contribution in [0.3, 0.4) is 0 Å². The zero-order valence-electron chi connectivity index (χ0n) is 14.5. The number of hydrogen-bond donors (Lipinski definition) is 0. The summed E-state index contributed by atoms with van der Waals surface area (Å²) in [5.74, 6) is 1.78. The van der Waals surface area contributed by atoms with Crippen molar-refractivity contribution in [2.24, 2.45) is 11.8 Å². The standard InChI is InChI=1S/C18H33N3O/c1-15(2)16-5-7-17(8-6-16)19-11-13-21(14-12-19)18(22)20-9-3-4-10-20/h15-17H,3-14H2,1-2H3. The highest BCUT2D eigenvalue weighted by atomic mass is 16.2. The minimum Gasteiger partial charge on any atom is -0.325 e. The summed E-state index contributed by atoms with van der Waals surface area (Å²) in [7, 11) is 0. The van der Waals surface area contributed by atoms with Gasteiger partial charge in [0.25, 0.3) is 0 Å². The van der Waals surface area contributed by atoms with Crippen LogP contribution in [0.2, 0.25) is 0 Å². The van der Waals surface area contributed by atoms with Crippen molar-refractivity contribution in [2.75, 3.05) is 39.3 Å². The van der Waals surface area contributed by atoms with Crippen LogP contribution in [0.15, 0.2) is 0 Å². The fourth-order valence-corrected chi connectivity index (χ4v) is 4.52. The SMILES string of the molecule is CC(C)C1CCC(N2CCN(C(=O)N3CCCC3)CC2)CC1. The third-order valence-corrected chi connectivity index (χ3v) is 6.16. The topological polar surface area (TPSA) is 26.8 Å². The summed E-state index contributed by atoms with van der Waals surface area (Å²) in [6, 6.07) is 1.07. The fourth-order valence-electron chi connectivity index (χ4n) is 4.52. The summed E-state index contributed by atoms with van der Waals surface area (Å²) in [5, 5.41) is 0. The first kappa shape index (κ1) is 16.1. The average Bonchev–Trinajstić information content (AvgIpc) is 3.09. The second-order valence-electron chi connectivity index (χ2n) is 7.81. The quantitative estimate of drug-likeness (QED) is 0.784. The summed E-state index contributed by atoms with van der Waals surface area (Å²) >= 11 is 0. The molecule has 22 heavy (non-hydrogen) atoms. The molecule has 2 amide bonds. The van der Waals surface area contributed by atoms with Crippen LogP contribution in [0.25, 0.3) is 0 Å². The second kappa shape index (κ2) is 7.20. The van der Waals surface area contributed by atoms with Crippen LogP contribution in [0.4, 0.5) is 4.79 Å². The van der Waals surface area contributed by atoms with Crippen LogP contribution in [0.1, 0.15) is 52.4 Å². The molecule has 0 aromatic rings. The molecule has 0 N–H and O–H groups in total. The van der Waals surface area contributed by atoms with E-state index in [2.05, 4.69) is 23.6 Å². The highest BCUT2D eigenvalue weighted by Crippen LogP contribution is 2.32. The highest BCUT2D eigenvalue weighted by Gasteiger charge is 2.31. The van der Waals surface area contributed by atoms with Gasteiger partial charge in [-0.2, -0.15) is 0 Å². The molecule has 2 heterocycles. The van der Waals surface area contributed by atoms with Crippen molar-refractivity contribution >= 4 is 6.03 Å². The zero-order chi connectivity index (χ0) is 15.5. The van der Waals surface area contributed by atoms with E-state index in [9.17, 15) is 4.79 Å². The maximum Gasteiger partial charge on any atom is 0.320 e. The number of piperazine rings is 1. The van der Waals surface area contributed by atoms with Crippen molar-refractivity contribution in [3.8, 4) is 0 Å². The predicted octanol–water partition coefficient (Wildman–Crippen LogP) is 3.03. The number of carbonyl (C=O) groups is 1. The van der Waals surface area contributed by atoms with Crippen LogP contribution in [0, 0.1) is 11.8 Å². The molecule has 1 aliphatic carbocycles.